The molecule has 6 atom stereocenters. The molecule has 2 aromatic carbocycles. The summed E-state index contributed by atoms with van der Waals surface area (Å²) < 4.78 is 75.5. The lowest BCUT2D eigenvalue weighted by Gasteiger charge is -2.48. The van der Waals surface area contributed by atoms with Gasteiger partial charge < -0.3 is 8.85 Å². The number of thioether (sulfide) groups is 1. The molecule has 0 radical (unpaired) electrons. The molecule has 0 aliphatic heterocycles. The van der Waals surface area contributed by atoms with E-state index in [1.807, 2.05) is 58.4 Å². The van der Waals surface area contributed by atoms with Crippen LogP contribution in [-0.2, 0) is 45.6 Å². The molecule has 0 N–H and O–H groups in total. The summed E-state index contributed by atoms with van der Waals surface area (Å²) >= 11 is 1.89. The molecular formula is C60H82F2N8O4S2Si2. The molecule has 10 rings (SSSR count). The standard InChI is InChI=1S/C30H41FN4O3SSi.C30H41FN4OSSi/c1-21(39(36,37)28-14-15-34(5)33-28)22-8-9-24-16-27-23(19-32-35(27)26-12-10-25(31)11-13-26)18-30(24,17-22)20-38-40(6,7)29(2,3)4;1-21(37-28-14-15-34(5)33-28)22-8-9-24-16-27-23(19-32-35(27)26-12-10-25(31)11-13-26)18-30(24,17-22)20-36-38(6,7)29(2,3)4/h10-16,19,21-22H,8-9,17-18,20H2,1-7H3;10-16,19,21-22H,8-9,17-18,20H2,1-7H3/t2*21?,22-,30-/m00/s1. The molecule has 4 aromatic heterocycles. The van der Waals surface area contributed by atoms with Gasteiger partial charge in [0.2, 0.25) is 0 Å². The molecule has 0 saturated heterocycles. The second kappa shape index (κ2) is 21.6. The van der Waals surface area contributed by atoms with Crippen LogP contribution in [0, 0.1) is 34.3 Å². The number of hydrogen-bond acceptors (Lipinski definition) is 9. The van der Waals surface area contributed by atoms with Gasteiger partial charge in [0.15, 0.2) is 31.5 Å². The van der Waals surface area contributed by atoms with E-state index >= 15 is 0 Å². The lowest BCUT2D eigenvalue weighted by atomic mass is 9.61. The van der Waals surface area contributed by atoms with Crippen LogP contribution in [0.5, 0.6) is 0 Å². The van der Waals surface area contributed by atoms with Gasteiger partial charge in [-0.2, -0.15) is 20.4 Å². The summed E-state index contributed by atoms with van der Waals surface area (Å²) in [5, 5.41) is 19.7. The molecule has 78 heavy (non-hydrogen) atoms. The Balaban J connectivity index is 0.000000190. The van der Waals surface area contributed by atoms with Crippen LogP contribution >= 0.6 is 11.8 Å². The molecule has 0 spiro atoms. The van der Waals surface area contributed by atoms with Gasteiger partial charge in [-0.15, -0.1) is 11.8 Å². The highest BCUT2D eigenvalue weighted by Gasteiger charge is 2.50. The first-order valence-corrected chi connectivity index (χ1v) is 36.0. The number of hydrogen-bond donors (Lipinski definition) is 0. The van der Waals surface area contributed by atoms with Gasteiger partial charge in [-0.05, 0) is 190 Å². The van der Waals surface area contributed by atoms with Gasteiger partial charge in [0, 0.05) is 55.8 Å². The summed E-state index contributed by atoms with van der Waals surface area (Å²) in [5.41, 5.74) is 8.64. The van der Waals surface area contributed by atoms with Gasteiger partial charge in [-0.25, -0.2) is 26.6 Å². The second-order valence-electron chi connectivity index (χ2n) is 26.0. The van der Waals surface area contributed by atoms with Gasteiger partial charge in [0.25, 0.3) is 0 Å². The van der Waals surface area contributed by atoms with Crippen molar-refractivity contribution < 1.29 is 26.1 Å². The van der Waals surface area contributed by atoms with Gasteiger partial charge in [-0.1, -0.05) is 59.6 Å². The lowest BCUT2D eigenvalue weighted by molar-refractivity contribution is 0.108. The van der Waals surface area contributed by atoms with E-state index in [4.69, 9.17) is 14.0 Å². The molecule has 4 heterocycles. The van der Waals surface area contributed by atoms with E-state index in [2.05, 4.69) is 108 Å². The molecule has 0 bridgehead atoms. The summed E-state index contributed by atoms with van der Waals surface area (Å²) in [5.74, 6) is 0.0423. The molecule has 18 heteroatoms. The maximum absolute atomic E-state index is 13.6. The van der Waals surface area contributed by atoms with Crippen molar-refractivity contribution in [2.45, 2.75) is 164 Å². The lowest BCUT2D eigenvalue weighted by Crippen LogP contribution is -2.48. The first kappa shape index (κ1) is 57.9. The van der Waals surface area contributed by atoms with Crippen LogP contribution in [0.1, 0.15) is 116 Å². The highest BCUT2D eigenvalue weighted by molar-refractivity contribution is 7.99. The number of rotatable bonds is 14. The van der Waals surface area contributed by atoms with Crippen molar-refractivity contribution in [2.24, 2.45) is 36.8 Å². The van der Waals surface area contributed by atoms with E-state index in [1.165, 1.54) is 45.7 Å². The zero-order valence-corrected chi connectivity index (χ0v) is 52.0. The third-order valence-electron chi connectivity index (χ3n) is 18.7. The molecular weight excluding hydrogens is 1060 g/mol. The van der Waals surface area contributed by atoms with Crippen molar-refractivity contribution in [2.75, 3.05) is 13.2 Å². The van der Waals surface area contributed by atoms with E-state index in [0.717, 1.165) is 91.3 Å². The Morgan fingerprint density at radius 1 is 0.667 bits per heavy atom. The highest BCUT2D eigenvalue weighted by Crippen LogP contribution is 2.55. The minimum atomic E-state index is -3.58. The molecule has 420 valence electrons. The first-order chi connectivity index (χ1) is 36.5. The first-order valence-electron chi connectivity index (χ1n) is 27.8. The number of halogens is 2. The largest absolute Gasteiger partial charge is 0.416 e. The predicted molar refractivity (Wildman–Crippen MR) is 315 cm³/mol. The van der Waals surface area contributed by atoms with Crippen LogP contribution in [0.3, 0.4) is 0 Å². The SMILES string of the molecule is CC(Sc1ccn(C)n1)[C@H]1CCC2=Cc3c(cnn3-c3ccc(F)cc3)C[C@]2(CO[Si](C)(C)C(C)(C)C)C1.CC([C@H]1CCC2=Cc3c(cnn3-c3ccc(F)cc3)C[C@]2(CO[Si](C)(C)C(C)(C)C)C1)S(=O)(=O)c1ccn(C)n1. The fraction of sp³-hybridized carbons (Fsp3) is 0.533. The normalized spacial score (nSPS) is 22.5. The summed E-state index contributed by atoms with van der Waals surface area (Å²) in [6.45, 7) is 28.4. The Morgan fingerprint density at radius 2 is 1.10 bits per heavy atom. The maximum atomic E-state index is 13.6. The van der Waals surface area contributed by atoms with Crippen LogP contribution in [0.15, 0.2) is 107 Å². The van der Waals surface area contributed by atoms with Crippen LogP contribution in [0.2, 0.25) is 36.3 Å². The van der Waals surface area contributed by atoms with Crippen molar-refractivity contribution in [1.29, 1.82) is 0 Å². The van der Waals surface area contributed by atoms with Crippen LogP contribution in [-0.4, -0.2) is 87.9 Å². The Kier molecular flexibility index (Phi) is 16.1. The quantitative estimate of drug-likeness (QED) is 0.0774. The summed E-state index contributed by atoms with van der Waals surface area (Å²) in [6.07, 6.45) is 19.5. The van der Waals surface area contributed by atoms with E-state index in [0.29, 0.717) is 17.8 Å². The Hall–Kier alpha value is -4.73. The molecule has 2 fully saturated rings. The van der Waals surface area contributed by atoms with E-state index in [9.17, 15) is 17.2 Å². The fourth-order valence-electron chi connectivity index (χ4n) is 11.5. The molecule has 6 aromatic rings. The second-order valence-corrected chi connectivity index (χ2v) is 39.2. The van der Waals surface area contributed by atoms with Crippen LogP contribution in [0.4, 0.5) is 8.78 Å². The zero-order chi connectivity index (χ0) is 56.4. The van der Waals surface area contributed by atoms with Gasteiger partial charge in [0.05, 0.1) is 40.4 Å². The molecule has 0 amide bonds. The topological polar surface area (TPSA) is 124 Å². The van der Waals surface area contributed by atoms with Crippen molar-refractivity contribution in [1.82, 2.24) is 39.1 Å². The van der Waals surface area contributed by atoms with Crippen molar-refractivity contribution in [3.63, 3.8) is 0 Å². The van der Waals surface area contributed by atoms with E-state index < -0.39 is 31.7 Å². The molecule has 4 aliphatic rings. The summed E-state index contributed by atoms with van der Waals surface area (Å²) in [6, 6.07) is 16.7. The number of fused-ring (bicyclic) bond motifs is 4. The third kappa shape index (κ3) is 11.7. The number of nitrogens with zero attached hydrogens (tertiary/aromatic N) is 8. The third-order valence-corrected chi connectivity index (χ3v) is 31.0. The molecule has 2 saturated carbocycles. The number of benzene rings is 2. The Bertz CT molecular complexity index is 3290. The van der Waals surface area contributed by atoms with Crippen LogP contribution < -0.4 is 0 Å². The molecule has 4 aliphatic carbocycles. The number of aromatic nitrogens is 8. The van der Waals surface area contributed by atoms with E-state index in [1.54, 1.807) is 43.6 Å². The number of sulfone groups is 1. The fourth-order valence-corrected chi connectivity index (χ4v) is 16.4. The van der Waals surface area contributed by atoms with Crippen molar-refractivity contribution in [3.05, 3.63) is 131 Å². The predicted octanol–water partition coefficient (Wildman–Crippen LogP) is 14.0. The smallest absolute Gasteiger partial charge is 0.200 e. The van der Waals surface area contributed by atoms with Gasteiger partial charge in [0.1, 0.15) is 16.7 Å². The maximum Gasteiger partial charge on any atom is 0.200 e. The van der Waals surface area contributed by atoms with E-state index in [-0.39, 0.29) is 43.5 Å². The van der Waals surface area contributed by atoms with Gasteiger partial charge in [-0.3, -0.25) is 9.36 Å². The monoisotopic (exact) mass is 1140 g/mol. The minimum absolute atomic E-state index is 0.0268. The summed E-state index contributed by atoms with van der Waals surface area (Å²) in [4.78, 5) is 0. The molecule has 2 unspecified atom stereocenters. The average Bonchev–Trinajstić information content (AvgIpc) is 4.32. The van der Waals surface area contributed by atoms with Crippen molar-refractivity contribution in [3.8, 4) is 11.4 Å². The summed E-state index contributed by atoms with van der Waals surface area (Å²) in [7, 11) is -3.85. The minimum Gasteiger partial charge on any atom is -0.416 e. The number of aryl methyl sites for hydroxylation is 2. The highest BCUT2D eigenvalue weighted by atomic mass is 32.2. The van der Waals surface area contributed by atoms with Crippen molar-refractivity contribution >= 4 is 50.4 Å². The Morgan fingerprint density at radius 3 is 1.53 bits per heavy atom. The zero-order valence-electron chi connectivity index (χ0n) is 48.4. The average molecular weight is 1140 g/mol. The Labute approximate surface area is 468 Å². The van der Waals surface area contributed by atoms with Crippen LogP contribution in [0.25, 0.3) is 23.5 Å². The molecule has 12 nitrogen and oxygen atoms in total. The van der Waals surface area contributed by atoms with Gasteiger partial charge >= 0.3 is 0 Å².